The van der Waals surface area contributed by atoms with Crippen molar-refractivity contribution in [3.63, 3.8) is 0 Å². The van der Waals surface area contributed by atoms with Crippen molar-refractivity contribution in [1.82, 2.24) is 9.97 Å². The van der Waals surface area contributed by atoms with Crippen molar-refractivity contribution in [1.29, 1.82) is 0 Å². The predicted octanol–water partition coefficient (Wildman–Crippen LogP) is 4.51. The lowest BCUT2D eigenvalue weighted by Crippen LogP contribution is -1.90. The molecule has 2 rings (SSSR count). The summed E-state index contributed by atoms with van der Waals surface area (Å²) in [7, 11) is 0. The summed E-state index contributed by atoms with van der Waals surface area (Å²) in [5, 5.41) is 1.55. The Morgan fingerprint density at radius 2 is 2.05 bits per heavy atom. The van der Waals surface area contributed by atoms with E-state index in [-0.39, 0.29) is 0 Å². The van der Waals surface area contributed by atoms with E-state index in [1.54, 1.807) is 24.5 Å². The molecule has 0 atom stereocenters. The van der Waals surface area contributed by atoms with Crippen LogP contribution in [0.5, 0.6) is 0 Å². The molecule has 2 aromatic rings. The maximum absolute atomic E-state index is 6.18. The zero-order chi connectivity index (χ0) is 13.7. The van der Waals surface area contributed by atoms with E-state index in [4.69, 9.17) is 11.6 Å². The summed E-state index contributed by atoms with van der Waals surface area (Å²) in [5.41, 5.74) is 2.49. The average molecular weight is 269 g/mol. The molecule has 0 aliphatic heterocycles. The van der Waals surface area contributed by atoms with Gasteiger partial charge in [0.25, 0.3) is 0 Å². The van der Waals surface area contributed by atoms with Gasteiger partial charge in [-0.3, -0.25) is 4.98 Å². The predicted molar refractivity (Wildman–Crippen MR) is 81.8 cm³/mol. The Morgan fingerprint density at radius 1 is 1.21 bits per heavy atom. The maximum atomic E-state index is 6.18. The molecule has 2 heterocycles. The third kappa shape index (κ3) is 2.98. The van der Waals surface area contributed by atoms with Gasteiger partial charge in [-0.25, -0.2) is 4.98 Å². The number of nitrogens with zero attached hydrogens (tertiary/aromatic N) is 2. The van der Waals surface area contributed by atoms with Gasteiger partial charge in [0.15, 0.2) is 0 Å². The van der Waals surface area contributed by atoms with Crippen molar-refractivity contribution in [2.24, 2.45) is 0 Å². The molecule has 0 radical (unpaired) electrons. The number of aromatic nitrogens is 2. The first-order valence-corrected chi connectivity index (χ1v) is 6.16. The van der Waals surface area contributed by atoms with Crippen LogP contribution in [0.3, 0.4) is 0 Å². The van der Waals surface area contributed by atoms with E-state index < -0.39 is 0 Å². The van der Waals surface area contributed by atoms with Crippen molar-refractivity contribution in [2.75, 3.05) is 0 Å². The molecule has 0 saturated heterocycles. The second-order valence-corrected chi connectivity index (χ2v) is 4.23. The van der Waals surface area contributed by atoms with Crippen molar-refractivity contribution in [3.8, 4) is 0 Å². The fraction of sp³-hybridized carbons (Fsp3) is 0. The normalized spacial score (nSPS) is 12.5. The molecule has 0 aliphatic carbocycles. The fourth-order valence-electron chi connectivity index (χ4n) is 1.68. The van der Waals surface area contributed by atoms with E-state index in [0.29, 0.717) is 5.03 Å². The van der Waals surface area contributed by atoms with Gasteiger partial charge in [0.1, 0.15) is 0 Å². The topological polar surface area (TPSA) is 25.8 Å². The third-order valence-corrected chi connectivity index (χ3v) is 2.96. The first kappa shape index (κ1) is 13.2. The van der Waals surface area contributed by atoms with Gasteiger partial charge in [-0.1, -0.05) is 49.1 Å². The van der Waals surface area contributed by atoms with E-state index in [9.17, 15) is 0 Å². The van der Waals surface area contributed by atoms with Crippen LogP contribution >= 0.6 is 11.6 Å². The van der Waals surface area contributed by atoms with Crippen LogP contribution in [0.25, 0.3) is 16.5 Å². The highest BCUT2D eigenvalue weighted by atomic mass is 35.5. The standard InChI is InChI=1S/C16H13ClN2/c1-3-5-6-13(14(17)4-2)16-8-7-12-11-18-10-9-15(12)19-16/h3-11H,1-2H2/b6-5-,14-13-. The molecule has 0 saturated carbocycles. The summed E-state index contributed by atoms with van der Waals surface area (Å²) in [6, 6.07) is 5.76. The zero-order valence-electron chi connectivity index (χ0n) is 10.4. The Bertz CT molecular complexity index is 684. The lowest BCUT2D eigenvalue weighted by Gasteiger charge is -2.05. The monoisotopic (exact) mass is 268 g/mol. The molecule has 0 unspecified atom stereocenters. The van der Waals surface area contributed by atoms with Crippen molar-refractivity contribution in [3.05, 3.63) is 78.8 Å². The van der Waals surface area contributed by atoms with Crippen LogP contribution in [0.1, 0.15) is 5.69 Å². The number of fused-ring (bicyclic) bond motifs is 1. The Kier molecular flexibility index (Phi) is 4.26. The van der Waals surface area contributed by atoms with Crippen LogP contribution in [0.15, 0.2) is 73.1 Å². The molecular weight excluding hydrogens is 256 g/mol. The van der Waals surface area contributed by atoms with Crippen LogP contribution in [0, 0.1) is 0 Å². The molecule has 3 heteroatoms. The fourth-order valence-corrected chi connectivity index (χ4v) is 1.84. The van der Waals surface area contributed by atoms with Crippen LogP contribution in [-0.2, 0) is 0 Å². The summed E-state index contributed by atoms with van der Waals surface area (Å²) >= 11 is 6.18. The van der Waals surface area contributed by atoms with Crippen LogP contribution < -0.4 is 0 Å². The smallest absolute Gasteiger partial charge is 0.0740 e. The largest absolute Gasteiger partial charge is 0.264 e. The highest BCUT2D eigenvalue weighted by molar-refractivity contribution is 6.34. The van der Waals surface area contributed by atoms with Gasteiger partial charge < -0.3 is 0 Å². The van der Waals surface area contributed by atoms with Crippen LogP contribution in [-0.4, -0.2) is 9.97 Å². The lowest BCUT2D eigenvalue weighted by molar-refractivity contribution is 1.30. The zero-order valence-corrected chi connectivity index (χ0v) is 11.1. The molecule has 0 amide bonds. The highest BCUT2D eigenvalue weighted by Gasteiger charge is 2.05. The minimum Gasteiger partial charge on any atom is -0.264 e. The van der Waals surface area contributed by atoms with Crippen LogP contribution in [0.2, 0.25) is 0 Å². The minimum atomic E-state index is 0.555. The highest BCUT2D eigenvalue weighted by Crippen LogP contribution is 2.24. The van der Waals surface area contributed by atoms with Gasteiger partial charge in [-0.05, 0) is 18.2 Å². The van der Waals surface area contributed by atoms with E-state index in [1.165, 1.54) is 0 Å². The van der Waals surface area contributed by atoms with Crippen molar-refractivity contribution < 1.29 is 0 Å². The number of pyridine rings is 2. The van der Waals surface area contributed by atoms with Crippen molar-refractivity contribution in [2.45, 2.75) is 0 Å². The minimum absolute atomic E-state index is 0.555. The molecule has 0 N–H and O–H groups in total. The first-order valence-electron chi connectivity index (χ1n) is 5.78. The summed E-state index contributed by atoms with van der Waals surface area (Å²) in [5.74, 6) is 0. The number of halogens is 1. The number of allylic oxidation sites excluding steroid dienone is 6. The van der Waals surface area contributed by atoms with Crippen molar-refractivity contribution >= 4 is 28.1 Å². The quantitative estimate of drug-likeness (QED) is 0.763. The Balaban J connectivity index is 2.59. The molecule has 0 aromatic carbocycles. The SMILES string of the molecule is C=C/C=C\C(=C(\Cl)C=C)c1ccc2cnccc2n1. The lowest BCUT2D eigenvalue weighted by atomic mass is 10.1. The number of hydrogen-bond acceptors (Lipinski definition) is 2. The second kappa shape index (κ2) is 6.12. The molecule has 19 heavy (non-hydrogen) atoms. The summed E-state index contributed by atoms with van der Waals surface area (Å²) in [6.07, 6.45) is 10.5. The summed E-state index contributed by atoms with van der Waals surface area (Å²) in [6.45, 7) is 7.34. The first-order chi connectivity index (χ1) is 9.26. The van der Waals surface area contributed by atoms with Gasteiger partial charge in [0, 0.05) is 28.4 Å². The van der Waals surface area contributed by atoms with Gasteiger partial charge in [0.2, 0.25) is 0 Å². The molecule has 0 aliphatic rings. The molecule has 2 aromatic heterocycles. The maximum Gasteiger partial charge on any atom is 0.0740 e. The molecular formula is C16H13ClN2. The molecule has 2 nitrogen and oxygen atoms in total. The Morgan fingerprint density at radius 3 is 2.79 bits per heavy atom. The molecule has 0 bridgehead atoms. The van der Waals surface area contributed by atoms with Gasteiger partial charge in [-0.2, -0.15) is 0 Å². The van der Waals surface area contributed by atoms with Crippen LogP contribution in [0.4, 0.5) is 0 Å². The molecule has 0 spiro atoms. The Hall–Kier alpha value is -2.19. The van der Waals surface area contributed by atoms with E-state index in [1.807, 2.05) is 30.4 Å². The second-order valence-electron chi connectivity index (χ2n) is 3.83. The van der Waals surface area contributed by atoms with E-state index in [2.05, 4.69) is 23.1 Å². The average Bonchev–Trinajstić information content (AvgIpc) is 2.47. The molecule has 94 valence electrons. The summed E-state index contributed by atoms with van der Waals surface area (Å²) < 4.78 is 0. The Labute approximate surface area is 117 Å². The van der Waals surface area contributed by atoms with E-state index in [0.717, 1.165) is 22.2 Å². The number of hydrogen-bond donors (Lipinski definition) is 0. The molecule has 0 fully saturated rings. The number of rotatable bonds is 4. The van der Waals surface area contributed by atoms with Gasteiger partial charge >= 0.3 is 0 Å². The van der Waals surface area contributed by atoms with Gasteiger partial charge in [-0.15, -0.1) is 0 Å². The van der Waals surface area contributed by atoms with Gasteiger partial charge in [0.05, 0.1) is 11.2 Å². The summed E-state index contributed by atoms with van der Waals surface area (Å²) in [4.78, 5) is 8.65. The third-order valence-electron chi connectivity index (χ3n) is 2.60. The van der Waals surface area contributed by atoms with E-state index >= 15 is 0 Å².